The van der Waals surface area contributed by atoms with Crippen LogP contribution in [0.3, 0.4) is 0 Å². The number of halogens is 3. The molecule has 0 saturated carbocycles. The van der Waals surface area contributed by atoms with Gasteiger partial charge in [0, 0.05) is 5.38 Å². The third-order valence-corrected chi connectivity index (χ3v) is 5.53. The van der Waals surface area contributed by atoms with Crippen molar-refractivity contribution in [2.24, 2.45) is 0 Å². The van der Waals surface area contributed by atoms with E-state index in [4.69, 9.17) is 44.3 Å². The van der Waals surface area contributed by atoms with Gasteiger partial charge in [0.1, 0.15) is 17.4 Å². The van der Waals surface area contributed by atoms with E-state index in [0.29, 0.717) is 5.69 Å². The Morgan fingerprint density at radius 1 is 1.12 bits per heavy atom. The zero-order chi connectivity index (χ0) is 18.7. The van der Waals surface area contributed by atoms with E-state index in [2.05, 4.69) is 4.98 Å². The summed E-state index contributed by atoms with van der Waals surface area (Å²) < 4.78 is 10.6. The van der Waals surface area contributed by atoms with Crippen LogP contribution in [-0.2, 0) is 11.3 Å². The van der Waals surface area contributed by atoms with Gasteiger partial charge in [-0.2, -0.15) is 0 Å². The molecule has 0 bridgehead atoms. The van der Waals surface area contributed by atoms with Gasteiger partial charge in [0.2, 0.25) is 0 Å². The van der Waals surface area contributed by atoms with Crippen LogP contribution in [0.15, 0.2) is 41.8 Å². The van der Waals surface area contributed by atoms with Crippen LogP contribution >= 0.6 is 46.1 Å². The molecule has 0 atom stereocenters. The highest BCUT2D eigenvalue weighted by Crippen LogP contribution is 2.33. The molecule has 0 amide bonds. The van der Waals surface area contributed by atoms with Crippen molar-refractivity contribution in [3.63, 3.8) is 0 Å². The molecule has 3 aromatic rings. The molecule has 0 saturated heterocycles. The van der Waals surface area contributed by atoms with E-state index in [0.717, 1.165) is 16.3 Å². The Balaban J connectivity index is 1.75. The van der Waals surface area contributed by atoms with Gasteiger partial charge in [-0.1, -0.05) is 46.9 Å². The number of hydrogen-bond donors (Lipinski definition) is 0. The summed E-state index contributed by atoms with van der Waals surface area (Å²) in [6.45, 7) is -0.0103. The number of hydrogen-bond acceptors (Lipinski definition) is 5. The minimum Gasteiger partial charge on any atom is -0.496 e. The number of thiazole rings is 1. The van der Waals surface area contributed by atoms with E-state index in [1.165, 1.54) is 23.5 Å². The molecule has 0 radical (unpaired) electrons. The van der Waals surface area contributed by atoms with E-state index < -0.39 is 5.97 Å². The van der Waals surface area contributed by atoms with Crippen LogP contribution in [0.4, 0.5) is 0 Å². The van der Waals surface area contributed by atoms with Crippen LogP contribution < -0.4 is 4.74 Å². The van der Waals surface area contributed by atoms with Gasteiger partial charge in [-0.15, -0.1) is 11.3 Å². The second kappa shape index (κ2) is 8.27. The Morgan fingerprint density at radius 2 is 1.85 bits per heavy atom. The van der Waals surface area contributed by atoms with Crippen molar-refractivity contribution in [1.29, 1.82) is 0 Å². The van der Waals surface area contributed by atoms with Crippen LogP contribution in [0.2, 0.25) is 15.1 Å². The highest BCUT2D eigenvalue weighted by molar-refractivity contribution is 7.13. The smallest absolute Gasteiger partial charge is 0.341 e. The number of carbonyl (C=O) groups excluding carboxylic acids is 1. The first kappa shape index (κ1) is 19.0. The maximum atomic E-state index is 12.3. The number of aromatic nitrogens is 1. The van der Waals surface area contributed by atoms with Gasteiger partial charge >= 0.3 is 5.97 Å². The second-order valence-corrected chi connectivity index (χ2v) is 7.19. The number of methoxy groups -OCH3 is 1. The topological polar surface area (TPSA) is 48.4 Å². The molecule has 3 rings (SSSR count). The van der Waals surface area contributed by atoms with Crippen LogP contribution in [0.25, 0.3) is 10.6 Å². The Kier molecular flexibility index (Phi) is 6.04. The largest absolute Gasteiger partial charge is 0.496 e. The molecule has 0 spiro atoms. The normalized spacial score (nSPS) is 10.6. The lowest BCUT2D eigenvalue weighted by atomic mass is 10.2. The summed E-state index contributed by atoms with van der Waals surface area (Å²) >= 11 is 19.4. The lowest BCUT2D eigenvalue weighted by molar-refractivity contribution is 0.0469. The van der Waals surface area contributed by atoms with Crippen molar-refractivity contribution in [2.45, 2.75) is 6.61 Å². The molecule has 0 N–H and O–H groups in total. The van der Waals surface area contributed by atoms with Gasteiger partial charge in [0.25, 0.3) is 0 Å². The molecule has 4 nitrogen and oxygen atoms in total. The number of carbonyl (C=O) groups is 1. The predicted octanol–water partition coefficient (Wildman–Crippen LogP) is 6.14. The highest BCUT2D eigenvalue weighted by atomic mass is 35.5. The molecule has 0 fully saturated rings. The fraction of sp³-hybridized carbons (Fsp3) is 0.111. The minimum atomic E-state index is -0.658. The van der Waals surface area contributed by atoms with Crippen LogP contribution in [-0.4, -0.2) is 18.1 Å². The summed E-state index contributed by atoms with van der Waals surface area (Å²) in [6.07, 6.45) is 0. The summed E-state index contributed by atoms with van der Waals surface area (Å²) in [5.74, 6) is 0.0669. The lowest BCUT2D eigenvalue weighted by Crippen LogP contribution is -2.07. The monoisotopic (exact) mass is 427 g/mol. The number of benzene rings is 2. The highest BCUT2D eigenvalue weighted by Gasteiger charge is 2.19. The number of ether oxygens (including phenoxy) is 2. The van der Waals surface area contributed by atoms with Crippen molar-refractivity contribution < 1.29 is 14.3 Å². The number of esters is 1. The van der Waals surface area contributed by atoms with Crippen molar-refractivity contribution in [2.75, 3.05) is 7.11 Å². The van der Waals surface area contributed by atoms with Gasteiger partial charge in [-0.25, -0.2) is 9.78 Å². The molecule has 134 valence electrons. The van der Waals surface area contributed by atoms with E-state index >= 15 is 0 Å². The SMILES string of the molecule is COc1ccccc1-c1nc(COC(=O)c2c(Cl)ccc(Cl)c2Cl)cs1. The predicted molar refractivity (Wildman–Crippen MR) is 105 cm³/mol. The maximum absolute atomic E-state index is 12.3. The summed E-state index contributed by atoms with van der Waals surface area (Å²) in [6, 6.07) is 10.6. The first-order valence-electron chi connectivity index (χ1n) is 7.39. The Morgan fingerprint density at radius 3 is 2.62 bits per heavy atom. The van der Waals surface area contributed by atoms with Gasteiger partial charge in [0.15, 0.2) is 0 Å². The number of para-hydroxylation sites is 1. The van der Waals surface area contributed by atoms with E-state index in [1.807, 2.05) is 29.6 Å². The molecule has 26 heavy (non-hydrogen) atoms. The van der Waals surface area contributed by atoms with Gasteiger partial charge in [0.05, 0.1) is 39.0 Å². The molecule has 0 aliphatic heterocycles. The third-order valence-electron chi connectivity index (χ3n) is 3.49. The average molecular weight is 429 g/mol. The van der Waals surface area contributed by atoms with Crippen LogP contribution in [0.1, 0.15) is 16.1 Å². The van der Waals surface area contributed by atoms with Crippen LogP contribution in [0, 0.1) is 0 Å². The van der Waals surface area contributed by atoms with E-state index in [1.54, 1.807) is 7.11 Å². The van der Waals surface area contributed by atoms with Crippen LogP contribution in [0.5, 0.6) is 5.75 Å². The number of nitrogens with zero attached hydrogens (tertiary/aromatic N) is 1. The fourth-order valence-electron chi connectivity index (χ4n) is 2.24. The maximum Gasteiger partial charge on any atom is 0.341 e. The second-order valence-electron chi connectivity index (χ2n) is 5.14. The molecule has 0 aliphatic carbocycles. The molecule has 0 unspecified atom stereocenters. The Hall–Kier alpha value is -1.79. The first-order valence-corrected chi connectivity index (χ1v) is 9.41. The zero-order valence-corrected chi connectivity index (χ0v) is 16.5. The van der Waals surface area contributed by atoms with Gasteiger partial charge < -0.3 is 9.47 Å². The molecule has 2 aromatic carbocycles. The minimum absolute atomic E-state index is 0.0103. The van der Waals surface area contributed by atoms with Crippen molar-refractivity contribution >= 4 is 52.1 Å². The van der Waals surface area contributed by atoms with Crippen molar-refractivity contribution in [3.8, 4) is 16.3 Å². The average Bonchev–Trinajstić information content (AvgIpc) is 3.12. The summed E-state index contributed by atoms with van der Waals surface area (Å²) in [4.78, 5) is 16.8. The van der Waals surface area contributed by atoms with Gasteiger partial charge in [-0.3, -0.25) is 0 Å². The molecule has 1 heterocycles. The standard InChI is InChI=1S/C18H12Cl3NO3S/c1-24-14-5-3-2-4-11(14)17-22-10(9-26-17)8-25-18(23)15-12(19)6-7-13(20)16(15)21/h2-7,9H,8H2,1H3. The van der Waals surface area contributed by atoms with Crippen molar-refractivity contribution in [3.05, 3.63) is 68.1 Å². The quantitative estimate of drug-likeness (QED) is 0.362. The zero-order valence-electron chi connectivity index (χ0n) is 13.5. The molecule has 0 aliphatic rings. The number of rotatable bonds is 5. The summed E-state index contributed by atoms with van der Waals surface area (Å²) in [5.41, 5.74) is 1.53. The summed E-state index contributed by atoms with van der Waals surface area (Å²) in [7, 11) is 1.60. The molecule has 1 aromatic heterocycles. The summed E-state index contributed by atoms with van der Waals surface area (Å²) in [5, 5.41) is 3.06. The first-order chi connectivity index (χ1) is 12.5. The molecular weight excluding hydrogens is 417 g/mol. The lowest BCUT2D eigenvalue weighted by Gasteiger charge is -2.08. The van der Waals surface area contributed by atoms with Gasteiger partial charge in [-0.05, 0) is 24.3 Å². The fourth-order valence-corrected chi connectivity index (χ4v) is 3.76. The molecule has 8 heteroatoms. The third kappa shape index (κ3) is 3.96. The van der Waals surface area contributed by atoms with E-state index in [9.17, 15) is 4.79 Å². The Bertz CT molecular complexity index is 959. The van der Waals surface area contributed by atoms with E-state index in [-0.39, 0.29) is 27.2 Å². The Labute approximate surface area is 169 Å². The van der Waals surface area contributed by atoms with Crippen molar-refractivity contribution in [1.82, 2.24) is 4.98 Å². The molecular formula is C18H12Cl3NO3S.